The van der Waals surface area contributed by atoms with Crippen molar-refractivity contribution in [2.24, 2.45) is 0 Å². The predicted molar refractivity (Wildman–Crippen MR) is 144 cm³/mol. The van der Waals surface area contributed by atoms with Crippen molar-refractivity contribution in [3.05, 3.63) is 71.1 Å². The molecule has 0 saturated carbocycles. The quantitative estimate of drug-likeness (QED) is 0.171. The maximum Gasteiger partial charge on any atom is 1.00 e. The van der Waals surface area contributed by atoms with Gasteiger partial charge in [0.25, 0.3) is 0 Å². The van der Waals surface area contributed by atoms with Gasteiger partial charge in [0.1, 0.15) is 0 Å². The van der Waals surface area contributed by atoms with E-state index in [0.717, 1.165) is 6.67 Å². The van der Waals surface area contributed by atoms with Gasteiger partial charge in [0.15, 0.2) is 10.1 Å². The minimum atomic E-state index is -6.09. The summed E-state index contributed by atoms with van der Waals surface area (Å²) in [5.74, 6) is 2.00. The topological polar surface area (TPSA) is 63.7 Å². The number of hydrogen-bond acceptors (Lipinski definition) is 5. The Morgan fingerprint density at radius 3 is 1.11 bits per heavy atom. The number of alkyl halides is 3. The van der Waals surface area contributed by atoms with Crippen molar-refractivity contribution in [2.45, 2.75) is 84.6 Å². The summed E-state index contributed by atoms with van der Waals surface area (Å²) in [6, 6.07) is 13.6. The molecule has 0 radical (unpaired) electrons. The van der Waals surface area contributed by atoms with Gasteiger partial charge in [-0.15, -0.1) is 0 Å². The number of rotatable bonds is 6. The second kappa shape index (κ2) is 13.5. The van der Waals surface area contributed by atoms with E-state index in [2.05, 4.69) is 114 Å². The van der Waals surface area contributed by atoms with Gasteiger partial charge in [-0.05, 0) is 45.9 Å². The largest absolute Gasteiger partial charge is 1.00 e. The number of hydrogen-bond donors (Lipinski definition) is 0. The molecule has 1 aliphatic rings. The molecule has 0 N–H and O–H groups in total. The van der Waals surface area contributed by atoms with Crippen LogP contribution in [-0.2, 0) is 32.5 Å². The first kappa shape index (κ1) is 34.2. The van der Waals surface area contributed by atoms with Crippen molar-refractivity contribution in [2.75, 3.05) is 16.5 Å². The SMILES string of the molecule is CC(C)c1cccc(C(C)C)c1N1C=CN(c2c(C(C)C)cccc2C(C)C)C1.O=S(=O)([O-])C(F)(F)F.[Au+]. The van der Waals surface area contributed by atoms with E-state index in [9.17, 15) is 13.2 Å². The maximum atomic E-state index is 10.7. The summed E-state index contributed by atoms with van der Waals surface area (Å²) < 4.78 is 58.9. The van der Waals surface area contributed by atoms with E-state index >= 15 is 0 Å². The van der Waals surface area contributed by atoms with Crippen LogP contribution >= 0.6 is 0 Å². The standard InChI is InChI=1S/C27H38N2.CHF3O3S.Au/c1-18(2)22-11-9-12-23(19(3)4)26(22)28-15-16-29(17-28)27-24(20(5)6)13-10-14-25(27)21(7)8;2-1(3,4)8(5,6)7;/h9-16,18-21H,17H2,1-8H3;(H,5,6,7);/q;;+1/p-1. The molecule has 1 aliphatic heterocycles. The summed E-state index contributed by atoms with van der Waals surface area (Å²) in [6.07, 6.45) is 4.54. The van der Waals surface area contributed by atoms with Crippen molar-refractivity contribution in [1.82, 2.24) is 0 Å². The van der Waals surface area contributed by atoms with Crippen molar-refractivity contribution in [1.29, 1.82) is 0 Å². The zero-order chi connectivity index (χ0) is 28.3. The average molecular weight is 737 g/mol. The van der Waals surface area contributed by atoms with Crippen LogP contribution in [0.25, 0.3) is 0 Å². The number of anilines is 2. The van der Waals surface area contributed by atoms with Crippen molar-refractivity contribution in [3.8, 4) is 0 Å². The number of benzene rings is 2. The predicted octanol–water partition coefficient (Wildman–Crippen LogP) is 7.98. The summed E-state index contributed by atoms with van der Waals surface area (Å²) in [7, 11) is -6.09. The van der Waals surface area contributed by atoms with E-state index in [1.807, 2.05) is 0 Å². The molecular weight excluding hydrogens is 698 g/mol. The molecule has 0 atom stereocenters. The fraction of sp³-hybridized carbons (Fsp3) is 0.500. The van der Waals surface area contributed by atoms with Crippen LogP contribution in [0.5, 0.6) is 0 Å². The minimum absolute atomic E-state index is 0. The monoisotopic (exact) mass is 736 g/mol. The first-order valence-electron chi connectivity index (χ1n) is 12.5. The molecule has 2 aromatic carbocycles. The molecule has 0 fully saturated rings. The van der Waals surface area contributed by atoms with Crippen LogP contribution in [0.15, 0.2) is 48.8 Å². The number of halogens is 3. The Labute approximate surface area is 241 Å². The minimum Gasteiger partial charge on any atom is -0.741 e. The molecule has 0 spiro atoms. The molecule has 0 unspecified atom stereocenters. The van der Waals surface area contributed by atoms with Crippen molar-refractivity contribution >= 4 is 21.5 Å². The van der Waals surface area contributed by atoms with Crippen LogP contribution in [0, 0.1) is 0 Å². The summed E-state index contributed by atoms with van der Waals surface area (Å²) in [5, 5.41) is 0. The van der Waals surface area contributed by atoms with Crippen LogP contribution < -0.4 is 9.80 Å². The first-order chi connectivity index (χ1) is 17.0. The van der Waals surface area contributed by atoms with Crippen LogP contribution in [0.2, 0.25) is 0 Å². The van der Waals surface area contributed by atoms with Crippen LogP contribution in [0.3, 0.4) is 0 Å². The number of para-hydroxylation sites is 2. The van der Waals surface area contributed by atoms with Gasteiger partial charge in [0, 0.05) is 23.8 Å². The summed E-state index contributed by atoms with van der Waals surface area (Å²) in [6.45, 7) is 19.2. The molecule has 0 saturated heterocycles. The van der Waals surface area contributed by atoms with Crippen LogP contribution in [0.1, 0.15) is 101 Å². The Bertz CT molecular complexity index is 1090. The van der Waals surface area contributed by atoms with Gasteiger partial charge in [0.05, 0.1) is 6.67 Å². The van der Waals surface area contributed by atoms with Gasteiger partial charge in [-0.2, -0.15) is 13.2 Å². The zero-order valence-corrected chi connectivity index (χ0v) is 26.1. The molecule has 0 aliphatic carbocycles. The Balaban J connectivity index is 0.000000699. The average Bonchev–Trinajstić information content (AvgIpc) is 3.26. The van der Waals surface area contributed by atoms with Gasteiger partial charge in [-0.1, -0.05) is 91.8 Å². The number of nitrogens with zero attached hydrogens (tertiary/aromatic N) is 2. The van der Waals surface area contributed by atoms with Gasteiger partial charge in [0.2, 0.25) is 0 Å². The molecule has 3 rings (SSSR count). The Morgan fingerprint density at radius 2 is 0.921 bits per heavy atom. The molecule has 0 aromatic heterocycles. The Kier molecular flexibility index (Phi) is 12.2. The van der Waals surface area contributed by atoms with Crippen molar-refractivity contribution < 1.29 is 48.5 Å². The van der Waals surface area contributed by atoms with E-state index in [4.69, 9.17) is 13.0 Å². The molecule has 0 bridgehead atoms. The molecule has 216 valence electrons. The van der Waals surface area contributed by atoms with Gasteiger partial charge < -0.3 is 14.4 Å². The summed E-state index contributed by atoms with van der Waals surface area (Å²) >= 11 is 0. The smallest absolute Gasteiger partial charge is 0.741 e. The van der Waals surface area contributed by atoms with Crippen LogP contribution in [0.4, 0.5) is 24.5 Å². The fourth-order valence-corrected chi connectivity index (χ4v) is 4.40. The van der Waals surface area contributed by atoms with Gasteiger partial charge in [-0.3, -0.25) is 0 Å². The normalized spacial score (nSPS) is 13.9. The summed E-state index contributed by atoms with van der Waals surface area (Å²) in [5.41, 5.74) is 2.88. The fourth-order valence-electron chi connectivity index (χ4n) is 4.40. The second-order valence-corrected chi connectivity index (χ2v) is 11.8. The van der Waals surface area contributed by atoms with Crippen LogP contribution in [-0.4, -0.2) is 25.1 Å². The molecule has 1 heterocycles. The molecule has 2 aromatic rings. The molecule has 38 heavy (non-hydrogen) atoms. The zero-order valence-electron chi connectivity index (χ0n) is 23.1. The molecule has 5 nitrogen and oxygen atoms in total. The Hall–Kier alpha value is -1.78. The molecular formula is C28H38AuF3N2O3S. The van der Waals surface area contributed by atoms with E-state index in [-0.39, 0.29) is 22.4 Å². The Morgan fingerprint density at radius 1 is 0.684 bits per heavy atom. The third-order valence-corrected chi connectivity index (χ3v) is 6.84. The second-order valence-electron chi connectivity index (χ2n) is 10.5. The third kappa shape index (κ3) is 8.11. The van der Waals surface area contributed by atoms with Gasteiger partial charge in [-0.25, -0.2) is 8.42 Å². The summed E-state index contributed by atoms with van der Waals surface area (Å²) in [4.78, 5) is 4.90. The van der Waals surface area contributed by atoms with E-state index < -0.39 is 15.6 Å². The molecule has 0 amide bonds. The van der Waals surface area contributed by atoms with Crippen molar-refractivity contribution in [3.63, 3.8) is 0 Å². The van der Waals surface area contributed by atoms with E-state index in [0.29, 0.717) is 23.7 Å². The van der Waals surface area contributed by atoms with Gasteiger partial charge >= 0.3 is 27.9 Å². The maximum absolute atomic E-state index is 10.7. The third-order valence-electron chi connectivity index (χ3n) is 6.27. The van der Waals surface area contributed by atoms with E-state index in [1.165, 1.54) is 33.6 Å². The molecule has 10 heteroatoms. The van der Waals surface area contributed by atoms with E-state index in [1.54, 1.807) is 0 Å². The first-order valence-corrected chi connectivity index (χ1v) is 13.9.